The van der Waals surface area contributed by atoms with E-state index in [9.17, 15) is 9.59 Å². The number of rotatable bonds is 4. The van der Waals surface area contributed by atoms with Crippen LogP contribution in [0.25, 0.3) is 0 Å². The largest absolute Gasteiger partial charge is 0.481 e. The molecule has 0 aromatic rings. The molecular weight excluding hydrogens is 252 g/mol. The highest BCUT2D eigenvalue weighted by Crippen LogP contribution is 2.46. The van der Waals surface area contributed by atoms with Gasteiger partial charge in [0.25, 0.3) is 0 Å². The molecule has 1 aliphatic carbocycles. The summed E-state index contributed by atoms with van der Waals surface area (Å²) in [6.45, 7) is 1.70. The molecule has 2 fully saturated rings. The van der Waals surface area contributed by atoms with E-state index in [0.717, 1.165) is 19.3 Å². The van der Waals surface area contributed by atoms with Crippen LogP contribution in [0.1, 0.15) is 25.7 Å². The average Bonchev–Trinajstić information content (AvgIpc) is 3.17. The van der Waals surface area contributed by atoms with E-state index in [1.54, 1.807) is 16.7 Å². The van der Waals surface area contributed by atoms with E-state index < -0.39 is 11.9 Å². The number of nitrogens with one attached hydrogen (secondary N) is 1. The van der Waals surface area contributed by atoms with E-state index >= 15 is 0 Å². The molecule has 6 heteroatoms. The van der Waals surface area contributed by atoms with E-state index in [2.05, 4.69) is 11.6 Å². The van der Waals surface area contributed by atoms with Gasteiger partial charge in [-0.3, -0.25) is 4.79 Å². The van der Waals surface area contributed by atoms with Crippen LogP contribution in [0.15, 0.2) is 0 Å². The van der Waals surface area contributed by atoms with E-state index in [-0.39, 0.29) is 10.8 Å². The number of amides is 2. The molecule has 0 bridgehead atoms. The fraction of sp³-hybridized carbons (Fsp3) is 0.833. The predicted molar refractivity (Wildman–Crippen MR) is 70.8 cm³/mol. The summed E-state index contributed by atoms with van der Waals surface area (Å²) in [4.78, 5) is 24.5. The maximum Gasteiger partial charge on any atom is 0.317 e. The zero-order valence-corrected chi connectivity index (χ0v) is 11.5. The number of carboxylic acid groups (broad SMARTS) is 1. The molecule has 2 rings (SSSR count). The lowest BCUT2D eigenvalue weighted by Gasteiger charge is -2.31. The molecule has 5 nitrogen and oxygen atoms in total. The van der Waals surface area contributed by atoms with Crippen molar-refractivity contribution < 1.29 is 14.7 Å². The van der Waals surface area contributed by atoms with Crippen LogP contribution in [-0.4, -0.2) is 52.6 Å². The first kappa shape index (κ1) is 13.5. The van der Waals surface area contributed by atoms with Crippen molar-refractivity contribution in [3.8, 4) is 0 Å². The Morgan fingerprint density at radius 2 is 2.22 bits per heavy atom. The Kier molecular flexibility index (Phi) is 4.04. The first-order valence-electron chi connectivity index (χ1n) is 6.37. The van der Waals surface area contributed by atoms with Gasteiger partial charge in [0.2, 0.25) is 0 Å². The lowest BCUT2D eigenvalue weighted by molar-refractivity contribution is -0.143. The van der Waals surface area contributed by atoms with E-state index in [4.69, 9.17) is 5.11 Å². The fourth-order valence-corrected chi connectivity index (χ4v) is 3.03. The molecule has 0 radical (unpaired) electrons. The minimum absolute atomic E-state index is 0.110. The number of carbonyl (C=O) groups is 2. The number of hydrogen-bond donors (Lipinski definition) is 2. The number of hydrogen-bond acceptors (Lipinski definition) is 3. The van der Waals surface area contributed by atoms with Gasteiger partial charge >= 0.3 is 12.0 Å². The van der Waals surface area contributed by atoms with E-state index in [1.165, 1.54) is 0 Å². The van der Waals surface area contributed by atoms with Crippen molar-refractivity contribution in [3.63, 3.8) is 0 Å². The van der Waals surface area contributed by atoms with Gasteiger partial charge in [-0.2, -0.15) is 11.8 Å². The predicted octanol–water partition coefficient (Wildman–Crippen LogP) is 1.39. The molecule has 0 unspecified atom stereocenters. The number of aliphatic carboxylic acids is 1. The minimum Gasteiger partial charge on any atom is -0.481 e. The summed E-state index contributed by atoms with van der Waals surface area (Å²) >= 11 is 1.80. The van der Waals surface area contributed by atoms with Crippen LogP contribution >= 0.6 is 11.8 Å². The second-order valence-electron chi connectivity index (χ2n) is 5.17. The van der Waals surface area contributed by atoms with Crippen LogP contribution in [0.3, 0.4) is 0 Å². The summed E-state index contributed by atoms with van der Waals surface area (Å²) < 4.78 is 0.248. The molecule has 0 aromatic carbocycles. The van der Waals surface area contributed by atoms with Crippen LogP contribution in [0.4, 0.5) is 4.79 Å². The summed E-state index contributed by atoms with van der Waals surface area (Å²) in [5.41, 5.74) is 0. The van der Waals surface area contributed by atoms with Gasteiger partial charge in [-0.05, 0) is 31.9 Å². The maximum atomic E-state index is 12.0. The molecule has 0 spiro atoms. The van der Waals surface area contributed by atoms with Crippen molar-refractivity contribution in [1.82, 2.24) is 10.2 Å². The second kappa shape index (κ2) is 5.38. The van der Waals surface area contributed by atoms with Crippen molar-refractivity contribution >= 4 is 23.8 Å². The number of carbonyl (C=O) groups excluding carboxylic acids is 1. The van der Waals surface area contributed by atoms with Gasteiger partial charge in [0.05, 0.1) is 5.92 Å². The summed E-state index contributed by atoms with van der Waals surface area (Å²) in [7, 11) is 0. The molecule has 18 heavy (non-hydrogen) atoms. The molecule has 1 saturated carbocycles. The lowest BCUT2D eigenvalue weighted by atomic mass is 9.99. The van der Waals surface area contributed by atoms with Gasteiger partial charge in [-0.15, -0.1) is 0 Å². The Morgan fingerprint density at radius 1 is 1.50 bits per heavy atom. The van der Waals surface area contributed by atoms with E-state index in [1.807, 2.05) is 0 Å². The molecular formula is C12H20N2O3S. The van der Waals surface area contributed by atoms with Crippen LogP contribution < -0.4 is 5.32 Å². The first-order chi connectivity index (χ1) is 8.56. The SMILES string of the molecule is CSC1(CNC(=O)N2CCC[C@@H](C(=O)O)C2)CC1. The molecule has 1 atom stereocenters. The van der Waals surface area contributed by atoms with Crippen LogP contribution in [0.5, 0.6) is 0 Å². The standard InChI is InChI=1S/C12H20N2O3S/c1-18-12(4-5-12)8-13-11(17)14-6-2-3-9(7-14)10(15)16/h9H,2-8H2,1H3,(H,13,17)(H,15,16)/t9-/m1/s1. The van der Waals surface area contributed by atoms with Crippen molar-refractivity contribution in [2.45, 2.75) is 30.4 Å². The van der Waals surface area contributed by atoms with Crippen molar-refractivity contribution in [1.29, 1.82) is 0 Å². The Hall–Kier alpha value is -0.910. The van der Waals surface area contributed by atoms with Gasteiger partial charge < -0.3 is 15.3 Å². The number of urea groups is 1. The molecule has 1 aliphatic heterocycles. The number of thioether (sulfide) groups is 1. The number of nitrogens with zero attached hydrogens (tertiary/aromatic N) is 1. The molecule has 2 N–H and O–H groups in total. The van der Waals surface area contributed by atoms with Crippen LogP contribution in [0.2, 0.25) is 0 Å². The lowest BCUT2D eigenvalue weighted by Crippen LogP contribution is -2.48. The smallest absolute Gasteiger partial charge is 0.317 e. The summed E-state index contributed by atoms with van der Waals surface area (Å²) in [6, 6.07) is -0.110. The molecule has 102 valence electrons. The number of likely N-dealkylation sites (tertiary alicyclic amines) is 1. The van der Waals surface area contributed by atoms with Crippen LogP contribution in [0, 0.1) is 5.92 Å². The van der Waals surface area contributed by atoms with E-state index in [0.29, 0.717) is 26.1 Å². The Morgan fingerprint density at radius 3 is 2.78 bits per heavy atom. The number of carboxylic acids is 1. The normalized spacial score (nSPS) is 25.6. The summed E-state index contributed by atoms with van der Waals surface area (Å²) in [6.07, 6.45) is 5.84. The van der Waals surface area contributed by atoms with Crippen LogP contribution in [-0.2, 0) is 4.79 Å². The fourth-order valence-electron chi connectivity index (χ4n) is 2.30. The zero-order valence-electron chi connectivity index (χ0n) is 10.6. The highest BCUT2D eigenvalue weighted by Gasteiger charge is 2.42. The topological polar surface area (TPSA) is 69.6 Å². The minimum atomic E-state index is -0.796. The summed E-state index contributed by atoms with van der Waals surface area (Å²) in [5, 5.41) is 11.9. The molecule has 1 saturated heterocycles. The second-order valence-corrected chi connectivity index (χ2v) is 6.44. The number of piperidine rings is 1. The van der Waals surface area contributed by atoms with Gasteiger partial charge in [-0.1, -0.05) is 0 Å². The van der Waals surface area contributed by atoms with Gasteiger partial charge in [0.15, 0.2) is 0 Å². The van der Waals surface area contributed by atoms with Crippen molar-refractivity contribution in [3.05, 3.63) is 0 Å². The third kappa shape index (κ3) is 3.10. The highest BCUT2D eigenvalue weighted by molar-refractivity contribution is 8.00. The Balaban J connectivity index is 1.79. The Bertz CT molecular complexity index is 344. The quantitative estimate of drug-likeness (QED) is 0.811. The maximum absolute atomic E-state index is 12.0. The molecule has 0 aromatic heterocycles. The van der Waals surface area contributed by atoms with Crippen molar-refractivity contribution in [2.75, 3.05) is 25.9 Å². The first-order valence-corrected chi connectivity index (χ1v) is 7.59. The van der Waals surface area contributed by atoms with Crippen molar-refractivity contribution in [2.24, 2.45) is 5.92 Å². The third-order valence-corrected chi connectivity index (χ3v) is 5.28. The molecule has 1 heterocycles. The van der Waals surface area contributed by atoms with Gasteiger partial charge in [0.1, 0.15) is 0 Å². The highest BCUT2D eigenvalue weighted by atomic mass is 32.2. The average molecular weight is 272 g/mol. The van der Waals surface area contributed by atoms with Gasteiger partial charge in [0, 0.05) is 24.4 Å². The monoisotopic (exact) mass is 272 g/mol. The summed E-state index contributed by atoms with van der Waals surface area (Å²) in [5.74, 6) is -1.20. The third-order valence-electron chi connectivity index (χ3n) is 3.86. The Labute approximate surface area is 111 Å². The molecule has 2 aliphatic rings. The molecule has 2 amide bonds. The van der Waals surface area contributed by atoms with Gasteiger partial charge in [-0.25, -0.2) is 4.79 Å². The zero-order chi connectivity index (χ0) is 13.2.